The van der Waals surface area contributed by atoms with E-state index in [2.05, 4.69) is 4.98 Å². The molecule has 2 N–H and O–H groups in total. The van der Waals surface area contributed by atoms with E-state index in [9.17, 15) is 22.8 Å². The van der Waals surface area contributed by atoms with Gasteiger partial charge in [-0.15, -0.1) is 0 Å². The Balaban J connectivity index is 0.000000278. The first-order valence-electron chi connectivity index (χ1n) is 9.37. The van der Waals surface area contributed by atoms with Crippen LogP contribution in [0, 0.1) is 11.7 Å². The fraction of sp³-hybridized carbons (Fsp3) is 0.381. The number of benzene rings is 1. The van der Waals surface area contributed by atoms with Crippen molar-refractivity contribution in [1.82, 2.24) is 4.98 Å². The van der Waals surface area contributed by atoms with Gasteiger partial charge in [0, 0.05) is 31.3 Å². The normalized spacial score (nSPS) is 17.6. The molecule has 156 valence electrons. The van der Waals surface area contributed by atoms with Crippen LogP contribution in [0.4, 0.5) is 18.9 Å². The molecule has 5 nitrogen and oxygen atoms in total. The fourth-order valence-electron chi connectivity index (χ4n) is 3.25. The van der Waals surface area contributed by atoms with Gasteiger partial charge in [-0.25, -0.2) is 13.2 Å². The van der Waals surface area contributed by atoms with Gasteiger partial charge in [0.15, 0.2) is 0 Å². The first-order chi connectivity index (χ1) is 13.8. The molecular formula is C21H24F3N3O2. The second-order valence-corrected chi connectivity index (χ2v) is 6.96. The molecule has 1 aromatic heterocycles. The van der Waals surface area contributed by atoms with Crippen molar-refractivity contribution in [3.63, 3.8) is 0 Å². The molecule has 2 aromatic rings. The summed E-state index contributed by atoms with van der Waals surface area (Å²) < 4.78 is 39.7. The molecule has 2 amide bonds. The molecule has 0 saturated heterocycles. The smallest absolute Gasteiger partial charge is 0.267 e. The maximum atomic E-state index is 13.3. The lowest BCUT2D eigenvalue weighted by molar-refractivity contribution is -0.107. The van der Waals surface area contributed by atoms with Crippen LogP contribution in [0.3, 0.4) is 0 Å². The Morgan fingerprint density at radius 2 is 2.07 bits per heavy atom. The number of carbonyl (C=O) groups excluding carboxylic acids is 2. The second kappa shape index (κ2) is 10.6. The number of hydrogen-bond acceptors (Lipinski definition) is 3. The van der Waals surface area contributed by atoms with Gasteiger partial charge in [-0.3, -0.25) is 14.6 Å². The number of rotatable bonds is 6. The Hall–Kier alpha value is -2.90. The highest BCUT2D eigenvalue weighted by atomic mass is 19.3. The SMILES string of the molecule is NC(=O)c1ccccn1.O=CN(CCC1CCCC(F)(F)C1)c1cccc(F)c1. The zero-order valence-electron chi connectivity index (χ0n) is 15.9. The molecule has 1 atom stereocenters. The van der Waals surface area contributed by atoms with E-state index in [1.165, 1.54) is 29.3 Å². The molecule has 1 unspecified atom stereocenters. The average Bonchev–Trinajstić information content (AvgIpc) is 2.69. The van der Waals surface area contributed by atoms with E-state index < -0.39 is 17.6 Å². The molecule has 0 radical (unpaired) electrons. The number of aromatic nitrogens is 1. The van der Waals surface area contributed by atoms with Crippen LogP contribution in [0.5, 0.6) is 0 Å². The Morgan fingerprint density at radius 1 is 1.28 bits per heavy atom. The molecule has 0 aliphatic heterocycles. The molecule has 0 bridgehead atoms. The van der Waals surface area contributed by atoms with Gasteiger partial charge >= 0.3 is 0 Å². The van der Waals surface area contributed by atoms with Crippen LogP contribution in [0.2, 0.25) is 0 Å². The van der Waals surface area contributed by atoms with Gasteiger partial charge in [-0.2, -0.15) is 0 Å². The molecule has 1 aliphatic carbocycles. The highest BCUT2D eigenvalue weighted by Gasteiger charge is 2.36. The molecule has 1 aliphatic rings. The molecule has 1 fully saturated rings. The fourth-order valence-corrected chi connectivity index (χ4v) is 3.25. The van der Waals surface area contributed by atoms with Gasteiger partial charge in [-0.1, -0.05) is 12.1 Å². The van der Waals surface area contributed by atoms with Crippen molar-refractivity contribution < 1.29 is 22.8 Å². The lowest BCUT2D eigenvalue weighted by Crippen LogP contribution is -2.30. The van der Waals surface area contributed by atoms with Crippen molar-refractivity contribution in [3.05, 3.63) is 60.2 Å². The number of hydrogen-bond donors (Lipinski definition) is 1. The molecule has 1 aromatic carbocycles. The van der Waals surface area contributed by atoms with Crippen LogP contribution in [0.25, 0.3) is 0 Å². The number of pyridine rings is 1. The van der Waals surface area contributed by atoms with Gasteiger partial charge in [0.05, 0.1) is 0 Å². The third-order valence-corrected chi connectivity index (χ3v) is 4.70. The second-order valence-electron chi connectivity index (χ2n) is 6.96. The number of primary amides is 1. The summed E-state index contributed by atoms with van der Waals surface area (Å²) in [5.74, 6) is -3.56. The Bertz CT molecular complexity index is 803. The summed E-state index contributed by atoms with van der Waals surface area (Å²) in [5, 5.41) is 0. The standard InChI is InChI=1S/C15H18F3NO.C6H6N2O/c16-13-4-1-5-14(9-13)19(11-20)8-6-12-3-2-7-15(17,18)10-12;7-6(9)5-3-1-2-4-8-5/h1,4-5,9,11-12H,2-3,6-8,10H2;1-4H,(H2,7,9). The summed E-state index contributed by atoms with van der Waals surface area (Å²) in [6.45, 7) is 0.341. The largest absolute Gasteiger partial charge is 0.364 e. The molecule has 1 saturated carbocycles. The summed E-state index contributed by atoms with van der Waals surface area (Å²) in [4.78, 5) is 26.5. The van der Waals surface area contributed by atoms with E-state index in [0.717, 1.165) is 6.42 Å². The van der Waals surface area contributed by atoms with Crippen molar-refractivity contribution in [3.8, 4) is 0 Å². The van der Waals surface area contributed by atoms with Crippen LogP contribution >= 0.6 is 0 Å². The summed E-state index contributed by atoms with van der Waals surface area (Å²) in [6.07, 6.45) is 3.82. The lowest BCUT2D eigenvalue weighted by Gasteiger charge is -2.30. The van der Waals surface area contributed by atoms with E-state index in [1.807, 2.05) is 0 Å². The minimum atomic E-state index is -2.58. The van der Waals surface area contributed by atoms with Crippen molar-refractivity contribution in [1.29, 1.82) is 0 Å². The predicted octanol–water partition coefficient (Wildman–Crippen LogP) is 4.18. The number of carbonyl (C=O) groups is 2. The first-order valence-corrected chi connectivity index (χ1v) is 9.37. The predicted molar refractivity (Wildman–Crippen MR) is 104 cm³/mol. The van der Waals surface area contributed by atoms with E-state index >= 15 is 0 Å². The Labute approximate surface area is 167 Å². The van der Waals surface area contributed by atoms with Crippen molar-refractivity contribution in [2.45, 2.75) is 38.0 Å². The maximum Gasteiger partial charge on any atom is 0.267 e. The van der Waals surface area contributed by atoms with Crippen LogP contribution in [-0.4, -0.2) is 29.8 Å². The topological polar surface area (TPSA) is 76.3 Å². The number of alkyl halides is 2. The number of anilines is 1. The summed E-state index contributed by atoms with van der Waals surface area (Å²) in [7, 11) is 0. The van der Waals surface area contributed by atoms with E-state index in [1.54, 1.807) is 24.3 Å². The van der Waals surface area contributed by atoms with Gasteiger partial charge in [-0.05, 0) is 55.5 Å². The maximum absolute atomic E-state index is 13.3. The highest BCUT2D eigenvalue weighted by molar-refractivity contribution is 5.90. The number of halogens is 3. The molecular weight excluding hydrogens is 383 g/mol. The van der Waals surface area contributed by atoms with Gasteiger partial charge in [0.25, 0.3) is 5.91 Å². The van der Waals surface area contributed by atoms with Crippen LogP contribution in [0.1, 0.15) is 42.6 Å². The monoisotopic (exact) mass is 407 g/mol. The summed E-state index contributed by atoms with van der Waals surface area (Å²) >= 11 is 0. The van der Waals surface area contributed by atoms with E-state index in [4.69, 9.17) is 5.73 Å². The zero-order valence-corrected chi connectivity index (χ0v) is 15.9. The molecule has 0 spiro atoms. The lowest BCUT2D eigenvalue weighted by atomic mass is 9.84. The van der Waals surface area contributed by atoms with Crippen LogP contribution in [-0.2, 0) is 4.79 Å². The van der Waals surface area contributed by atoms with Crippen molar-refractivity contribution >= 4 is 18.0 Å². The first kappa shape index (κ1) is 22.4. The minimum Gasteiger partial charge on any atom is -0.364 e. The number of amides is 2. The van der Waals surface area contributed by atoms with Crippen molar-refractivity contribution in [2.24, 2.45) is 11.7 Å². The zero-order chi connectivity index (χ0) is 21.3. The van der Waals surface area contributed by atoms with Crippen LogP contribution in [0.15, 0.2) is 48.7 Å². The van der Waals surface area contributed by atoms with Gasteiger partial charge in [0.1, 0.15) is 11.5 Å². The molecule has 8 heteroatoms. The Kier molecular flexibility index (Phi) is 8.18. The third-order valence-electron chi connectivity index (χ3n) is 4.70. The van der Waals surface area contributed by atoms with Crippen LogP contribution < -0.4 is 10.6 Å². The summed E-state index contributed by atoms with van der Waals surface area (Å²) in [5.41, 5.74) is 5.68. The van der Waals surface area contributed by atoms with E-state index in [-0.39, 0.29) is 18.8 Å². The molecule has 29 heavy (non-hydrogen) atoms. The molecule has 1 heterocycles. The summed E-state index contributed by atoms with van der Waals surface area (Å²) in [6, 6.07) is 10.7. The van der Waals surface area contributed by atoms with Gasteiger partial charge in [0.2, 0.25) is 12.3 Å². The van der Waals surface area contributed by atoms with E-state index in [0.29, 0.717) is 37.2 Å². The number of nitrogens with two attached hydrogens (primary N) is 1. The minimum absolute atomic E-state index is 0.0369. The highest BCUT2D eigenvalue weighted by Crippen LogP contribution is 2.38. The Morgan fingerprint density at radius 3 is 2.62 bits per heavy atom. The quantitative estimate of drug-likeness (QED) is 0.730. The van der Waals surface area contributed by atoms with Gasteiger partial charge < -0.3 is 10.6 Å². The average molecular weight is 407 g/mol. The van der Waals surface area contributed by atoms with Crippen molar-refractivity contribution in [2.75, 3.05) is 11.4 Å². The number of nitrogens with zero attached hydrogens (tertiary/aromatic N) is 2. The third kappa shape index (κ3) is 7.56. The molecule has 3 rings (SSSR count).